The van der Waals surface area contributed by atoms with Gasteiger partial charge in [-0.3, -0.25) is 9.69 Å². The van der Waals surface area contributed by atoms with Crippen LogP contribution in [0.3, 0.4) is 0 Å². The zero-order valence-electron chi connectivity index (χ0n) is 14.0. The van der Waals surface area contributed by atoms with Gasteiger partial charge in [0.05, 0.1) is 19.8 Å². The van der Waals surface area contributed by atoms with Crippen LogP contribution in [0, 0.1) is 0 Å². The number of methoxy groups -OCH3 is 2. The molecule has 3 rings (SSSR count). The fraction of sp³-hybridized carbons (Fsp3) is 0.389. The van der Waals surface area contributed by atoms with Gasteiger partial charge in [0.25, 0.3) is 5.91 Å². The molecule has 0 radical (unpaired) electrons. The lowest BCUT2D eigenvalue weighted by atomic mass is 10.1. The summed E-state index contributed by atoms with van der Waals surface area (Å²) < 4.78 is 10.6. The molecule has 0 unspecified atom stereocenters. The average molecular weight is 346 g/mol. The molecule has 2 aromatic rings. The lowest BCUT2D eigenvalue weighted by Gasteiger charge is -2.34. The number of hydrogen-bond acceptors (Lipinski definition) is 5. The standard InChI is InChI=1S/C18H22N2O3S/c1-22-15-3-4-17(23-2)16(11-15)18(21)20-8-6-19(7-9-20)12-14-5-10-24-13-14/h3-5,10-11,13H,6-9,12H2,1-2H3. The predicted octanol–water partition coefficient (Wildman–Crippen LogP) is 2.72. The van der Waals surface area contributed by atoms with Gasteiger partial charge in [0.15, 0.2) is 0 Å². The van der Waals surface area contributed by atoms with Gasteiger partial charge in [-0.15, -0.1) is 0 Å². The predicted molar refractivity (Wildman–Crippen MR) is 95.0 cm³/mol. The monoisotopic (exact) mass is 346 g/mol. The number of benzene rings is 1. The summed E-state index contributed by atoms with van der Waals surface area (Å²) in [7, 11) is 3.18. The normalized spacial score (nSPS) is 15.3. The lowest BCUT2D eigenvalue weighted by molar-refractivity contribution is 0.0625. The molecular formula is C18H22N2O3S. The van der Waals surface area contributed by atoms with Gasteiger partial charge in [-0.25, -0.2) is 0 Å². The zero-order valence-corrected chi connectivity index (χ0v) is 14.8. The van der Waals surface area contributed by atoms with Crippen molar-refractivity contribution in [3.63, 3.8) is 0 Å². The molecule has 2 heterocycles. The van der Waals surface area contributed by atoms with E-state index < -0.39 is 0 Å². The smallest absolute Gasteiger partial charge is 0.257 e. The minimum Gasteiger partial charge on any atom is -0.497 e. The molecule has 0 bridgehead atoms. The van der Waals surface area contributed by atoms with Crippen LogP contribution in [-0.2, 0) is 6.54 Å². The summed E-state index contributed by atoms with van der Waals surface area (Å²) in [5, 5.41) is 4.28. The van der Waals surface area contributed by atoms with E-state index in [9.17, 15) is 4.79 Å². The molecule has 1 aliphatic rings. The van der Waals surface area contributed by atoms with Crippen molar-refractivity contribution in [2.24, 2.45) is 0 Å². The van der Waals surface area contributed by atoms with Gasteiger partial charge in [-0.05, 0) is 40.6 Å². The molecule has 24 heavy (non-hydrogen) atoms. The highest BCUT2D eigenvalue weighted by Crippen LogP contribution is 2.26. The van der Waals surface area contributed by atoms with Crippen molar-refractivity contribution in [3.8, 4) is 11.5 Å². The molecule has 0 spiro atoms. The van der Waals surface area contributed by atoms with Crippen LogP contribution in [0.25, 0.3) is 0 Å². The fourth-order valence-corrected chi connectivity index (χ4v) is 3.56. The van der Waals surface area contributed by atoms with E-state index in [4.69, 9.17) is 9.47 Å². The number of rotatable bonds is 5. The van der Waals surface area contributed by atoms with Crippen molar-refractivity contribution in [1.82, 2.24) is 9.80 Å². The Morgan fingerprint density at radius 2 is 1.92 bits per heavy atom. The Kier molecular flexibility index (Phi) is 5.37. The van der Waals surface area contributed by atoms with Gasteiger partial charge in [-0.1, -0.05) is 0 Å². The molecule has 1 fully saturated rings. The van der Waals surface area contributed by atoms with E-state index in [1.165, 1.54) is 5.56 Å². The van der Waals surface area contributed by atoms with E-state index in [2.05, 4.69) is 21.7 Å². The molecule has 1 aromatic heterocycles. The summed E-state index contributed by atoms with van der Waals surface area (Å²) in [4.78, 5) is 17.1. The number of nitrogens with zero attached hydrogens (tertiary/aromatic N) is 2. The quantitative estimate of drug-likeness (QED) is 0.835. The minimum absolute atomic E-state index is 0.000864. The zero-order chi connectivity index (χ0) is 16.9. The van der Waals surface area contributed by atoms with Gasteiger partial charge >= 0.3 is 0 Å². The van der Waals surface area contributed by atoms with Crippen molar-refractivity contribution >= 4 is 17.2 Å². The van der Waals surface area contributed by atoms with Gasteiger partial charge in [0, 0.05) is 32.7 Å². The van der Waals surface area contributed by atoms with Crippen molar-refractivity contribution in [3.05, 3.63) is 46.2 Å². The molecule has 128 valence electrons. The van der Waals surface area contributed by atoms with Crippen molar-refractivity contribution < 1.29 is 14.3 Å². The van der Waals surface area contributed by atoms with E-state index in [1.807, 2.05) is 4.90 Å². The van der Waals surface area contributed by atoms with Crippen LogP contribution in [0.15, 0.2) is 35.0 Å². The molecule has 1 saturated heterocycles. The van der Waals surface area contributed by atoms with Crippen molar-refractivity contribution in [2.75, 3.05) is 40.4 Å². The Hall–Kier alpha value is -2.05. The molecule has 0 saturated carbocycles. The molecule has 1 amide bonds. The highest BCUT2D eigenvalue weighted by molar-refractivity contribution is 7.07. The van der Waals surface area contributed by atoms with Gasteiger partial charge in [0.2, 0.25) is 0 Å². The first-order chi connectivity index (χ1) is 11.7. The second-order valence-electron chi connectivity index (χ2n) is 5.77. The number of carbonyl (C=O) groups is 1. The van der Waals surface area contributed by atoms with Gasteiger partial charge in [-0.2, -0.15) is 11.3 Å². The summed E-state index contributed by atoms with van der Waals surface area (Å²) in [5.41, 5.74) is 1.90. The third-order valence-electron chi connectivity index (χ3n) is 4.28. The van der Waals surface area contributed by atoms with E-state index in [0.29, 0.717) is 17.1 Å². The summed E-state index contributed by atoms with van der Waals surface area (Å²) >= 11 is 1.72. The number of piperazine rings is 1. The summed E-state index contributed by atoms with van der Waals surface area (Å²) in [6, 6.07) is 7.48. The highest BCUT2D eigenvalue weighted by Gasteiger charge is 2.24. The maximum Gasteiger partial charge on any atom is 0.257 e. The fourth-order valence-electron chi connectivity index (χ4n) is 2.90. The first-order valence-corrected chi connectivity index (χ1v) is 8.90. The molecule has 1 aromatic carbocycles. The third kappa shape index (κ3) is 3.71. The van der Waals surface area contributed by atoms with Crippen LogP contribution in [0.4, 0.5) is 0 Å². The molecule has 0 atom stereocenters. The maximum atomic E-state index is 12.8. The summed E-state index contributed by atoms with van der Waals surface area (Å²) in [6.45, 7) is 4.17. The van der Waals surface area contributed by atoms with Gasteiger partial charge < -0.3 is 14.4 Å². The van der Waals surface area contributed by atoms with Crippen LogP contribution < -0.4 is 9.47 Å². The molecular weight excluding hydrogens is 324 g/mol. The highest BCUT2D eigenvalue weighted by atomic mass is 32.1. The third-order valence-corrected chi connectivity index (χ3v) is 5.01. The topological polar surface area (TPSA) is 42.0 Å². The molecule has 0 aliphatic carbocycles. The Bertz CT molecular complexity index is 680. The minimum atomic E-state index is 0.000864. The Morgan fingerprint density at radius 3 is 2.54 bits per heavy atom. The van der Waals surface area contributed by atoms with E-state index in [0.717, 1.165) is 32.7 Å². The van der Waals surface area contributed by atoms with Gasteiger partial charge in [0.1, 0.15) is 11.5 Å². The number of thiophene rings is 1. The summed E-state index contributed by atoms with van der Waals surface area (Å²) in [6.07, 6.45) is 0. The number of amides is 1. The molecule has 0 N–H and O–H groups in total. The summed E-state index contributed by atoms with van der Waals surface area (Å²) in [5.74, 6) is 1.25. The second kappa shape index (κ2) is 7.68. The first kappa shape index (κ1) is 16.8. The Morgan fingerprint density at radius 1 is 1.12 bits per heavy atom. The number of carbonyl (C=O) groups excluding carboxylic acids is 1. The number of hydrogen-bond donors (Lipinski definition) is 0. The van der Waals surface area contributed by atoms with Crippen molar-refractivity contribution in [2.45, 2.75) is 6.54 Å². The van der Waals surface area contributed by atoms with Crippen LogP contribution in [-0.4, -0.2) is 56.1 Å². The average Bonchev–Trinajstić information content (AvgIpc) is 3.14. The first-order valence-electron chi connectivity index (χ1n) is 7.96. The van der Waals surface area contributed by atoms with Crippen molar-refractivity contribution in [1.29, 1.82) is 0 Å². The van der Waals surface area contributed by atoms with Crippen LogP contribution in [0.2, 0.25) is 0 Å². The van der Waals surface area contributed by atoms with Crippen LogP contribution in [0.1, 0.15) is 15.9 Å². The Balaban J connectivity index is 1.64. The van der Waals surface area contributed by atoms with Crippen LogP contribution >= 0.6 is 11.3 Å². The van der Waals surface area contributed by atoms with Crippen LogP contribution in [0.5, 0.6) is 11.5 Å². The maximum absolute atomic E-state index is 12.8. The molecule has 5 nitrogen and oxygen atoms in total. The van der Waals surface area contributed by atoms with E-state index in [1.54, 1.807) is 43.8 Å². The second-order valence-corrected chi connectivity index (χ2v) is 6.55. The SMILES string of the molecule is COc1ccc(OC)c(C(=O)N2CCN(Cc3ccsc3)CC2)c1. The van der Waals surface area contributed by atoms with E-state index >= 15 is 0 Å². The molecule has 6 heteroatoms. The molecule has 1 aliphatic heterocycles. The Labute approximate surface area is 146 Å². The largest absolute Gasteiger partial charge is 0.497 e. The van der Waals surface area contributed by atoms with E-state index in [-0.39, 0.29) is 5.91 Å². The lowest BCUT2D eigenvalue weighted by Crippen LogP contribution is -2.48. The number of ether oxygens (including phenoxy) is 2.